The number of hydrogen-bond donors (Lipinski definition) is 2. The van der Waals surface area contributed by atoms with E-state index in [0.717, 1.165) is 0 Å². The highest BCUT2D eigenvalue weighted by atomic mass is 16.5. The Morgan fingerprint density at radius 3 is 2.58 bits per heavy atom. The van der Waals surface area contributed by atoms with Gasteiger partial charge in [0.15, 0.2) is 11.6 Å². The zero-order valence-corrected chi connectivity index (χ0v) is 13.0. The highest BCUT2D eigenvalue weighted by Gasteiger charge is 2.15. The minimum Gasteiger partial charge on any atom is -0.494 e. The van der Waals surface area contributed by atoms with E-state index in [1.54, 1.807) is 31.2 Å². The minimum atomic E-state index is -1.08. The van der Waals surface area contributed by atoms with Gasteiger partial charge < -0.3 is 15.2 Å². The van der Waals surface area contributed by atoms with Crippen molar-refractivity contribution in [3.63, 3.8) is 0 Å². The SMILES string of the molecule is COc1c(Nc2ncc(C(=O)O)cn2)cccc1-c1ncn(C)n1. The highest BCUT2D eigenvalue weighted by Crippen LogP contribution is 2.35. The Labute approximate surface area is 137 Å². The van der Waals surface area contributed by atoms with Crippen LogP contribution >= 0.6 is 0 Å². The van der Waals surface area contributed by atoms with Gasteiger partial charge in [-0.3, -0.25) is 4.68 Å². The van der Waals surface area contributed by atoms with Gasteiger partial charge in [-0.1, -0.05) is 6.07 Å². The molecule has 0 saturated carbocycles. The Morgan fingerprint density at radius 2 is 2.00 bits per heavy atom. The van der Waals surface area contributed by atoms with Crippen molar-refractivity contribution < 1.29 is 14.6 Å². The summed E-state index contributed by atoms with van der Waals surface area (Å²) in [6, 6.07) is 5.45. The number of nitrogens with one attached hydrogen (secondary N) is 1. The Morgan fingerprint density at radius 1 is 1.25 bits per heavy atom. The Hall–Kier alpha value is -3.49. The van der Waals surface area contributed by atoms with Crippen LogP contribution in [0.3, 0.4) is 0 Å². The molecule has 0 aliphatic rings. The van der Waals surface area contributed by atoms with E-state index >= 15 is 0 Å². The molecule has 2 aromatic heterocycles. The second kappa shape index (κ2) is 6.32. The van der Waals surface area contributed by atoms with Crippen LogP contribution in [0.2, 0.25) is 0 Å². The van der Waals surface area contributed by atoms with E-state index in [2.05, 4.69) is 25.4 Å². The summed E-state index contributed by atoms with van der Waals surface area (Å²) in [5.41, 5.74) is 1.34. The number of aryl methyl sites for hydroxylation is 1. The highest BCUT2D eigenvalue weighted by molar-refractivity contribution is 5.87. The third kappa shape index (κ3) is 3.00. The fraction of sp³-hybridized carbons (Fsp3) is 0.133. The van der Waals surface area contributed by atoms with Gasteiger partial charge in [0.1, 0.15) is 6.33 Å². The standard InChI is InChI=1S/C15H14N6O3/c1-21-8-18-13(20-21)10-4-3-5-11(12(10)24-2)19-15-16-6-9(7-17-15)14(22)23/h3-8H,1-2H3,(H,22,23)(H,16,17,19). The third-order valence-electron chi connectivity index (χ3n) is 3.20. The molecular weight excluding hydrogens is 312 g/mol. The van der Waals surface area contributed by atoms with Gasteiger partial charge in [0.2, 0.25) is 5.95 Å². The van der Waals surface area contributed by atoms with Gasteiger partial charge in [0.25, 0.3) is 0 Å². The molecule has 0 bridgehead atoms. The van der Waals surface area contributed by atoms with Crippen LogP contribution in [0.5, 0.6) is 5.75 Å². The predicted molar refractivity (Wildman–Crippen MR) is 85.3 cm³/mol. The first-order valence-corrected chi connectivity index (χ1v) is 6.94. The van der Waals surface area contributed by atoms with E-state index in [0.29, 0.717) is 22.8 Å². The molecule has 0 aliphatic carbocycles. The minimum absolute atomic E-state index is 0.0129. The molecule has 3 aromatic rings. The fourth-order valence-electron chi connectivity index (χ4n) is 2.12. The van der Waals surface area contributed by atoms with Crippen LogP contribution in [0.25, 0.3) is 11.4 Å². The van der Waals surface area contributed by atoms with Crippen molar-refractivity contribution in [1.82, 2.24) is 24.7 Å². The molecule has 2 heterocycles. The van der Waals surface area contributed by atoms with Gasteiger partial charge in [-0.05, 0) is 12.1 Å². The van der Waals surface area contributed by atoms with Crippen LogP contribution in [-0.2, 0) is 7.05 Å². The summed E-state index contributed by atoms with van der Waals surface area (Å²) in [4.78, 5) is 23.0. The normalized spacial score (nSPS) is 10.4. The maximum Gasteiger partial charge on any atom is 0.338 e. The van der Waals surface area contributed by atoms with Gasteiger partial charge in [-0.25, -0.2) is 19.7 Å². The predicted octanol–water partition coefficient (Wildman–Crippen LogP) is 1.72. The van der Waals surface area contributed by atoms with Crippen molar-refractivity contribution >= 4 is 17.6 Å². The smallest absolute Gasteiger partial charge is 0.338 e. The van der Waals surface area contributed by atoms with Crippen molar-refractivity contribution in [2.45, 2.75) is 0 Å². The fourth-order valence-corrected chi connectivity index (χ4v) is 2.12. The molecule has 9 heteroatoms. The summed E-state index contributed by atoms with van der Waals surface area (Å²) >= 11 is 0. The maximum absolute atomic E-state index is 10.8. The molecule has 122 valence electrons. The van der Waals surface area contributed by atoms with E-state index in [4.69, 9.17) is 9.84 Å². The average Bonchev–Trinajstić information content (AvgIpc) is 3.01. The molecule has 3 rings (SSSR count). The Bertz CT molecular complexity index is 875. The van der Waals surface area contributed by atoms with Gasteiger partial charge in [0, 0.05) is 19.4 Å². The zero-order valence-electron chi connectivity index (χ0n) is 13.0. The van der Waals surface area contributed by atoms with Gasteiger partial charge in [-0.2, -0.15) is 5.10 Å². The summed E-state index contributed by atoms with van der Waals surface area (Å²) in [7, 11) is 3.32. The molecule has 2 N–H and O–H groups in total. The Kier molecular flexibility index (Phi) is 4.06. The number of para-hydroxylation sites is 1. The second-order valence-electron chi connectivity index (χ2n) is 4.85. The number of carboxylic acids is 1. The van der Waals surface area contributed by atoms with E-state index in [1.807, 2.05) is 12.1 Å². The monoisotopic (exact) mass is 326 g/mol. The zero-order chi connectivity index (χ0) is 17.1. The number of aromatic carboxylic acids is 1. The molecule has 9 nitrogen and oxygen atoms in total. The average molecular weight is 326 g/mol. The number of methoxy groups -OCH3 is 1. The second-order valence-corrected chi connectivity index (χ2v) is 4.85. The molecule has 0 amide bonds. The largest absolute Gasteiger partial charge is 0.494 e. The lowest BCUT2D eigenvalue weighted by Gasteiger charge is -2.12. The molecule has 0 fully saturated rings. The Balaban J connectivity index is 1.94. The van der Waals surface area contributed by atoms with Crippen LogP contribution < -0.4 is 10.1 Å². The van der Waals surface area contributed by atoms with Crippen molar-refractivity contribution in [3.05, 3.63) is 42.5 Å². The van der Waals surface area contributed by atoms with E-state index in [9.17, 15) is 4.79 Å². The summed E-state index contributed by atoms with van der Waals surface area (Å²) in [6.45, 7) is 0. The number of carboxylic acid groups (broad SMARTS) is 1. The molecule has 1 aromatic carbocycles. The van der Waals surface area contributed by atoms with Crippen molar-refractivity contribution in [2.75, 3.05) is 12.4 Å². The lowest BCUT2D eigenvalue weighted by Crippen LogP contribution is -2.03. The molecular formula is C15H14N6O3. The number of rotatable bonds is 5. The summed E-state index contributed by atoms with van der Waals surface area (Å²) < 4.78 is 7.07. The molecule has 0 radical (unpaired) electrons. The molecule has 0 saturated heterocycles. The van der Waals surface area contributed by atoms with Gasteiger partial charge in [-0.15, -0.1) is 0 Å². The first-order valence-electron chi connectivity index (χ1n) is 6.94. The van der Waals surface area contributed by atoms with Crippen LogP contribution in [0.15, 0.2) is 36.9 Å². The maximum atomic E-state index is 10.8. The number of nitrogens with zero attached hydrogens (tertiary/aromatic N) is 5. The first kappa shape index (κ1) is 15.4. The van der Waals surface area contributed by atoms with E-state index in [1.165, 1.54) is 12.4 Å². The molecule has 0 spiro atoms. The number of hydrogen-bond acceptors (Lipinski definition) is 7. The molecule has 0 unspecified atom stereocenters. The number of benzene rings is 1. The van der Waals surface area contributed by atoms with Crippen LogP contribution in [0.4, 0.5) is 11.6 Å². The van der Waals surface area contributed by atoms with Crippen molar-refractivity contribution in [1.29, 1.82) is 0 Å². The number of aromatic nitrogens is 5. The quantitative estimate of drug-likeness (QED) is 0.728. The first-order chi connectivity index (χ1) is 11.6. The van der Waals surface area contributed by atoms with Crippen molar-refractivity contribution in [2.24, 2.45) is 7.05 Å². The lowest BCUT2D eigenvalue weighted by atomic mass is 10.1. The molecule has 0 atom stereocenters. The number of anilines is 2. The van der Waals surface area contributed by atoms with Crippen molar-refractivity contribution in [3.8, 4) is 17.1 Å². The molecule has 0 aliphatic heterocycles. The number of carbonyl (C=O) groups is 1. The lowest BCUT2D eigenvalue weighted by molar-refractivity contribution is 0.0696. The van der Waals surface area contributed by atoms with Crippen LogP contribution in [-0.4, -0.2) is 42.9 Å². The summed E-state index contributed by atoms with van der Waals surface area (Å²) in [6.07, 6.45) is 4.06. The summed E-state index contributed by atoms with van der Waals surface area (Å²) in [5.74, 6) is 0.238. The van der Waals surface area contributed by atoms with Gasteiger partial charge in [0.05, 0.1) is 23.9 Å². The van der Waals surface area contributed by atoms with Crippen LogP contribution in [0.1, 0.15) is 10.4 Å². The number of ether oxygens (including phenoxy) is 1. The van der Waals surface area contributed by atoms with Crippen LogP contribution in [0, 0.1) is 0 Å². The van der Waals surface area contributed by atoms with E-state index < -0.39 is 5.97 Å². The van der Waals surface area contributed by atoms with E-state index in [-0.39, 0.29) is 11.5 Å². The molecule has 24 heavy (non-hydrogen) atoms. The summed E-state index contributed by atoms with van der Waals surface area (Å²) in [5, 5.41) is 16.1. The topological polar surface area (TPSA) is 115 Å². The third-order valence-corrected chi connectivity index (χ3v) is 3.20. The van der Waals surface area contributed by atoms with Gasteiger partial charge >= 0.3 is 5.97 Å².